The van der Waals surface area contributed by atoms with E-state index in [1.807, 2.05) is 0 Å². The Labute approximate surface area is 118 Å². The Hall–Kier alpha value is -0.0800. The lowest BCUT2D eigenvalue weighted by atomic mass is 9.78. The van der Waals surface area contributed by atoms with E-state index in [2.05, 4.69) is 12.2 Å². The van der Waals surface area contributed by atoms with Crippen molar-refractivity contribution in [1.29, 1.82) is 0 Å². The second-order valence-corrected chi connectivity index (χ2v) is 7.75. The van der Waals surface area contributed by atoms with E-state index in [4.69, 9.17) is 0 Å². The van der Waals surface area contributed by atoms with Gasteiger partial charge in [0, 0.05) is 12.6 Å². The van der Waals surface area contributed by atoms with Crippen molar-refractivity contribution in [3.05, 3.63) is 0 Å². The fourth-order valence-corrected chi connectivity index (χ4v) is 4.22. The lowest BCUT2D eigenvalue weighted by Gasteiger charge is -2.38. The highest BCUT2D eigenvalue weighted by atomic mass is 16.3. The molecule has 0 saturated heterocycles. The number of rotatable bonds is 4. The quantitative estimate of drug-likeness (QED) is 0.815. The molecule has 2 N–H and O–H groups in total. The molecule has 0 heterocycles. The molecule has 0 aromatic heterocycles. The van der Waals surface area contributed by atoms with Crippen molar-refractivity contribution in [3.8, 4) is 0 Å². The van der Waals surface area contributed by atoms with E-state index in [1.54, 1.807) is 0 Å². The van der Waals surface area contributed by atoms with Crippen LogP contribution in [0.25, 0.3) is 0 Å². The summed E-state index contributed by atoms with van der Waals surface area (Å²) in [5.74, 6) is 2.87. The van der Waals surface area contributed by atoms with E-state index >= 15 is 0 Å². The highest BCUT2D eigenvalue weighted by molar-refractivity contribution is 4.91. The Balaban J connectivity index is 1.43. The topological polar surface area (TPSA) is 32.3 Å². The first-order valence-corrected chi connectivity index (χ1v) is 8.60. The maximum Gasteiger partial charge on any atom is 0.0771 e. The molecule has 2 unspecified atom stereocenters. The van der Waals surface area contributed by atoms with Crippen LogP contribution in [0.4, 0.5) is 0 Å². The molecule has 3 fully saturated rings. The van der Waals surface area contributed by atoms with Crippen LogP contribution in [-0.4, -0.2) is 23.3 Å². The number of nitrogens with one attached hydrogen (secondary N) is 1. The molecule has 19 heavy (non-hydrogen) atoms. The highest BCUT2D eigenvalue weighted by Gasteiger charge is 2.36. The maximum atomic E-state index is 10.6. The van der Waals surface area contributed by atoms with Gasteiger partial charge in [0.15, 0.2) is 0 Å². The molecule has 0 aromatic carbocycles. The molecule has 0 aliphatic heterocycles. The van der Waals surface area contributed by atoms with Crippen LogP contribution >= 0.6 is 0 Å². The van der Waals surface area contributed by atoms with Crippen molar-refractivity contribution in [2.75, 3.05) is 6.54 Å². The van der Waals surface area contributed by atoms with E-state index < -0.39 is 5.60 Å². The average Bonchev–Trinajstić information content (AvgIpc) is 3.25. The minimum atomic E-state index is -0.404. The van der Waals surface area contributed by atoms with Crippen LogP contribution < -0.4 is 5.32 Å². The zero-order valence-corrected chi connectivity index (χ0v) is 12.5. The summed E-state index contributed by atoms with van der Waals surface area (Å²) in [5, 5.41) is 14.4. The van der Waals surface area contributed by atoms with Crippen LogP contribution in [0.5, 0.6) is 0 Å². The number of hydrogen-bond acceptors (Lipinski definition) is 2. The molecule has 2 atom stereocenters. The normalized spacial score (nSPS) is 44.2. The molecule has 2 heteroatoms. The molecule has 3 aliphatic rings. The molecule has 2 nitrogen and oxygen atoms in total. The predicted octanol–water partition coefficient (Wildman–Crippen LogP) is 3.49. The highest BCUT2D eigenvalue weighted by Crippen LogP contribution is 2.44. The third-order valence-corrected chi connectivity index (χ3v) is 5.93. The molecular formula is C17H31NO. The van der Waals surface area contributed by atoms with Gasteiger partial charge in [-0.3, -0.25) is 0 Å². The smallest absolute Gasteiger partial charge is 0.0771 e. The van der Waals surface area contributed by atoms with E-state index in [1.165, 1.54) is 51.4 Å². The third kappa shape index (κ3) is 3.72. The summed E-state index contributed by atoms with van der Waals surface area (Å²) < 4.78 is 0. The molecule has 0 aromatic rings. The molecule has 3 saturated carbocycles. The molecule has 110 valence electrons. The van der Waals surface area contributed by atoms with Gasteiger partial charge in [-0.05, 0) is 69.1 Å². The van der Waals surface area contributed by atoms with E-state index in [9.17, 15) is 5.11 Å². The molecular weight excluding hydrogens is 234 g/mol. The van der Waals surface area contributed by atoms with Crippen LogP contribution in [0.2, 0.25) is 0 Å². The lowest BCUT2D eigenvalue weighted by Crippen LogP contribution is -2.47. The molecule has 3 aliphatic carbocycles. The second kappa shape index (κ2) is 5.73. The largest absolute Gasteiger partial charge is 0.389 e. The van der Waals surface area contributed by atoms with Gasteiger partial charge in [0.2, 0.25) is 0 Å². The minimum Gasteiger partial charge on any atom is -0.389 e. The van der Waals surface area contributed by atoms with Crippen LogP contribution in [0.1, 0.15) is 71.1 Å². The Morgan fingerprint density at radius 2 is 1.74 bits per heavy atom. The van der Waals surface area contributed by atoms with Gasteiger partial charge < -0.3 is 10.4 Å². The predicted molar refractivity (Wildman–Crippen MR) is 79.1 cm³/mol. The van der Waals surface area contributed by atoms with Gasteiger partial charge in [-0.1, -0.05) is 19.8 Å². The van der Waals surface area contributed by atoms with Crippen molar-refractivity contribution in [2.45, 2.75) is 82.8 Å². The second-order valence-electron chi connectivity index (χ2n) is 7.75. The Morgan fingerprint density at radius 1 is 1.00 bits per heavy atom. The first kappa shape index (κ1) is 13.9. The van der Waals surface area contributed by atoms with Gasteiger partial charge in [0.1, 0.15) is 0 Å². The summed E-state index contributed by atoms with van der Waals surface area (Å²) in [5.41, 5.74) is -0.404. The number of aliphatic hydroxyl groups is 1. The SMILES string of the molecule is CC1CCC(O)(CNC2CCCC(C3CC3)C2)CC1. The summed E-state index contributed by atoms with van der Waals surface area (Å²) in [4.78, 5) is 0. The fraction of sp³-hybridized carbons (Fsp3) is 1.00. The zero-order valence-electron chi connectivity index (χ0n) is 12.5. The first-order chi connectivity index (χ1) is 9.15. The maximum absolute atomic E-state index is 10.6. The van der Waals surface area contributed by atoms with Crippen molar-refractivity contribution >= 4 is 0 Å². The monoisotopic (exact) mass is 265 g/mol. The van der Waals surface area contributed by atoms with Gasteiger partial charge >= 0.3 is 0 Å². The Kier molecular flexibility index (Phi) is 4.19. The van der Waals surface area contributed by atoms with Gasteiger partial charge in [0.25, 0.3) is 0 Å². The lowest BCUT2D eigenvalue weighted by molar-refractivity contribution is -0.00973. The summed E-state index contributed by atoms with van der Waals surface area (Å²) in [7, 11) is 0. The van der Waals surface area contributed by atoms with Crippen LogP contribution in [0.3, 0.4) is 0 Å². The van der Waals surface area contributed by atoms with Gasteiger partial charge in [0.05, 0.1) is 5.60 Å². The zero-order chi connectivity index (χ0) is 13.3. The Bertz CT molecular complexity index is 292. The van der Waals surface area contributed by atoms with Crippen molar-refractivity contribution < 1.29 is 5.11 Å². The van der Waals surface area contributed by atoms with Crippen molar-refractivity contribution in [2.24, 2.45) is 17.8 Å². The van der Waals surface area contributed by atoms with Crippen LogP contribution in [0, 0.1) is 17.8 Å². The molecule has 0 bridgehead atoms. The first-order valence-electron chi connectivity index (χ1n) is 8.60. The molecule has 0 amide bonds. The van der Waals surface area contributed by atoms with Gasteiger partial charge in [-0.25, -0.2) is 0 Å². The van der Waals surface area contributed by atoms with Crippen LogP contribution in [0.15, 0.2) is 0 Å². The fourth-order valence-electron chi connectivity index (χ4n) is 4.22. The van der Waals surface area contributed by atoms with E-state index in [-0.39, 0.29) is 0 Å². The van der Waals surface area contributed by atoms with E-state index in [0.29, 0.717) is 6.04 Å². The van der Waals surface area contributed by atoms with Gasteiger partial charge in [-0.2, -0.15) is 0 Å². The minimum absolute atomic E-state index is 0.404. The van der Waals surface area contributed by atoms with E-state index in [0.717, 1.165) is 37.1 Å². The Morgan fingerprint density at radius 3 is 2.42 bits per heavy atom. The summed E-state index contributed by atoms with van der Waals surface area (Å²) in [6.07, 6.45) is 12.9. The van der Waals surface area contributed by atoms with Gasteiger partial charge in [-0.15, -0.1) is 0 Å². The standard InChI is InChI=1S/C17H31NO/c1-13-7-9-17(19,10-8-13)12-18-16-4-2-3-15(11-16)14-5-6-14/h13-16,18-19H,2-12H2,1H3. The summed E-state index contributed by atoms with van der Waals surface area (Å²) in [6, 6.07) is 0.683. The summed E-state index contributed by atoms with van der Waals surface area (Å²) in [6.45, 7) is 3.15. The third-order valence-electron chi connectivity index (χ3n) is 5.93. The van der Waals surface area contributed by atoms with Crippen LogP contribution in [-0.2, 0) is 0 Å². The molecule has 3 rings (SSSR count). The van der Waals surface area contributed by atoms with Crippen molar-refractivity contribution in [3.63, 3.8) is 0 Å². The van der Waals surface area contributed by atoms with Crippen molar-refractivity contribution in [1.82, 2.24) is 5.32 Å². The average molecular weight is 265 g/mol. The summed E-state index contributed by atoms with van der Waals surface area (Å²) >= 11 is 0. The molecule has 0 spiro atoms. The number of hydrogen-bond donors (Lipinski definition) is 2. The molecule has 0 radical (unpaired) electrons.